The van der Waals surface area contributed by atoms with Gasteiger partial charge in [-0.25, -0.2) is 0 Å². The maximum atomic E-state index is 12.1. The number of hydrogen-bond acceptors (Lipinski definition) is 2. The lowest BCUT2D eigenvalue weighted by Gasteiger charge is -2.07. The van der Waals surface area contributed by atoms with E-state index in [9.17, 15) is 17.7 Å². The van der Waals surface area contributed by atoms with Gasteiger partial charge in [0.2, 0.25) is 0 Å². The average molecular weight is 390 g/mol. The van der Waals surface area contributed by atoms with Crippen LogP contribution >= 0.6 is 0 Å². The van der Waals surface area contributed by atoms with Crippen molar-refractivity contribution >= 4 is 0 Å². The molecule has 0 aromatic heterocycles. The second-order valence-electron chi connectivity index (χ2n) is 5.84. The van der Waals surface area contributed by atoms with Crippen LogP contribution in [-0.2, 0) is 0 Å². The van der Waals surface area contributed by atoms with Gasteiger partial charge in [0.25, 0.3) is 0 Å². The number of hydrogen-bond donors (Lipinski definition) is 0. The summed E-state index contributed by atoms with van der Waals surface area (Å²) in [6.45, 7) is 0. The molecule has 0 N–H and O–H groups in total. The monoisotopic (exact) mass is 390 g/mol. The first kappa shape index (κ1) is 21.2. The van der Waals surface area contributed by atoms with Crippen LogP contribution in [-0.4, -0.2) is 6.36 Å². The van der Waals surface area contributed by atoms with Crippen LogP contribution in [0.4, 0.5) is 17.7 Å². The van der Waals surface area contributed by atoms with E-state index < -0.39 is 6.36 Å². The molecule has 2 rings (SSSR count). The fourth-order valence-electron chi connectivity index (χ4n) is 2.26. The molecule has 0 unspecified atom stereocenters. The molecule has 0 amide bonds. The summed E-state index contributed by atoms with van der Waals surface area (Å²) in [4.78, 5) is 3.60. The van der Waals surface area contributed by atoms with E-state index in [1.807, 2.05) is 0 Å². The van der Waals surface area contributed by atoms with E-state index >= 15 is 0 Å². The number of halogens is 4. The minimum atomic E-state index is -4.69. The average Bonchev–Trinajstić information content (AvgIpc) is 2.67. The highest BCUT2D eigenvalue weighted by atomic mass is 19.4. The minimum absolute atomic E-state index is 0.150. The molecule has 0 heterocycles. The molecule has 0 saturated carbocycles. The van der Waals surface area contributed by atoms with Gasteiger partial charge in [0.1, 0.15) is 5.75 Å². The van der Waals surface area contributed by atoms with Gasteiger partial charge in [0.05, 0.1) is 0 Å². The Morgan fingerprint density at radius 3 is 1.57 bits per heavy atom. The molecule has 2 aromatic carbocycles. The summed E-state index contributed by atoms with van der Waals surface area (Å²) >= 11 is 0. The Hall–Kier alpha value is -3.12. The van der Waals surface area contributed by atoms with Gasteiger partial charge < -0.3 is 4.74 Å². The zero-order valence-corrected chi connectivity index (χ0v) is 15.0. The Bertz CT molecular complexity index is 848. The fraction of sp³-hybridized carbons (Fsp3) is 0.273. The third-order valence-corrected chi connectivity index (χ3v) is 3.60. The molecule has 0 aliphatic carbocycles. The number of benzene rings is 2. The van der Waals surface area contributed by atoms with Crippen molar-refractivity contribution in [1.82, 2.24) is 0 Å². The second kappa shape index (κ2) is 10.9. The molecule has 0 fully saturated rings. The standard InChI is InChI=1S/C22H18F4O2/c23-22(24,25)27-20-14-10-18(11-15-20)8-6-4-2-1-3-5-7-9-19-12-16-21(28-26)17-13-19/h10-17H,1-5H2. The van der Waals surface area contributed by atoms with Crippen LogP contribution in [0.1, 0.15) is 43.2 Å². The Morgan fingerprint density at radius 1 is 0.679 bits per heavy atom. The first-order valence-electron chi connectivity index (χ1n) is 8.68. The van der Waals surface area contributed by atoms with Gasteiger partial charge in [-0.3, -0.25) is 4.94 Å². The smallest absolute Gasteiger partial charge is 0.406 e. The number of alkyl halides is 3. The number of ether oxygens (including phenoxy) is 1. The molecule has 6 heteroatoms. The number of rotatable bonds is 6. The lowest BCUT2D eigenvalue weighted by Crippen LogP contribution is -2.16. The van der Waals surface area contributed by atoms with Crippen molar-refractivity contribution in [1.29, 1.82) is 0 Å². The predicted octanol–water partition coefficient (Wildman–Crippen LogP) is 6.20. The Labute approximate surface area is 161 Å². The van der Waals surface area contributed by atoms with E-state index in [2.05, 4.69) is 33.4 Å². The van der Waals surface area contributed by atoms with Gasteiger partial charge in [-0.15, -0.1) is 13.2 Å². The van der Waals surface area contributed by atoms with Crippen LogP contribution in [0.25, 0.3) is 0 Å². The van der Waals surface area contributed by atoms with E-state index in [1.54, 1.807) is 12.1 Å². The van der Waals surface area contributed by atoms with E-state index in [0.717, 1.165) is 31.2 Å². The molecule has 0 bridgehead atoms. The molecule has 0 atom stereocenters. The normalized spacial score (nSPS) is 10.3. The van der Waals surface area contributed by atoms with Crippen molar-refractivity contribution in [3.63, 3.8) is 0 Å². The molecule has 0 spiro atoms. The zero-order chi connectivity index (χ0) is 20.2. The Kier molecular flexibility index (Phi) is 8.24. The van der Waals surface area contributed by atoms with Crippen molar-refractivity contribution in [2.75, 3.05) is 0 Å². The maximum absolute atomic E-state index is 12.1. The molecule has 2 nitrogen and oxygen atoms in total. The highest BCUT2D eigenvalue weighted by Gasteiger charge is 2.30. The van der Waals surface area contributed by atoms with Crippen molar-refractivity contribution in [3.8, 4) is 35.2 Å². The van der Waals surface area contributed by atoms with Crippen LogP contribution in [0.15, 0.2) is 48.5 Å². The van der Waals surface area contributed by atoms with Crippen molar-refractivity contribution < 1.29 is 27.4 Å². The predicted molar refractivity (Wildman–Crippen MR) is 98.1 cm³/mol. The lowest BCUT2D eigenvalue weighted by molar-refractivity contribution is -0.274. The van der Waals surface area contributed by atoms with Gasteiger partial charge in [0, 0.05) is 28.5 Å². The van der Waals surface area contributed by atoms with Crippen LogP contribution in [0.2, 0.25) is 0 Å². The van der Waals surface area contributed by atoms with Gasteiger partial charge in [-0.05, 0) is 61.4 Å². The van der Waals surface area contributed by atoms with E-state index in [0.29, 0.717) is 12.0 Å². The molecule has 0 aliphatic heterocycles. The van der Waals surface area contributed by atoms with E-state index in [4.69, 9.17) is 0 Å². The van der Waals surface area contributed by atoms with Crippen molar-refractivity contribution in [2.24, 2.45) is 0 Å². The zero-order valence-electron chi connectivity index (χ0n) is 15.0. The van der Waals surface area contributed by atoms with Crippen molar-refractivity contribution in [3.05, 3.63) is 59.7 Å². The molecule has 28 heavy (non-hydrogen) atoms. The molecular weight excluding hydrogens is 372 g/mol. The summed E-state index contributed by atoms with van der Waals surface area (Å²) in [6.07, 6.45) is -0.368. The lowest BCUT2D eigenvalue weighted by atomic mass is 10.1. The largest absolute Gasteiger partial charge is 0.573 e. The summed E-state index contributed by atoms with van der Waals surface area (Å²) in [5.74, 6) is 11.9. The molecule has 2 aromatic rings. The summed E-state index contributed by atoms with van der Waals surface area (Å²) in [7, 11) is 0. The fourth-order valence-corrected chi connectivity index (χ4v) is 2.26. The SMILES string of the molecule is FOc1ccc(C#CCCCCCC#Cc2ccc(OC(F)(F)F)cc2)cc1. The Morgan fingerprint density at radius 2 is 1.14 bits per heavy atom. The first-order valence-corrected chi connectivity index (χ1v) is 8.68. The van der Waals surface area contributed by atoms with Crippen molar-refractivity contribution in [2.45, 2.75) is 38.5 Å². The van der Waals surface area contributed by atoms with Gasteiger partial charge in [0.15, 0.2) is 5.75 Å². The van der Waals surface area contributed by atoms with Gasteiger partial charge in [-0.2, -0.15) is 0 Å². The quantitative estimate of drug-likeness (QED) is 0.332. The highest BCUT2D eigenvalue weighted by Crippen LogP contribution is 2.22. The van der Waals surface area contributed by atoms with Crippen LogP contribution in [0.3, 0.4) is 0 Å². The molecule has 146 valence electrons. The Balaban J connectivity index is 1.63. The summed E-state index contributed by atoms with van der Waals surface area (Å²) in [6, 6.07) is 11.9. The van der Waals surface area contributed by atoms with Gasteiger partial charge >= 0.3 is 6.36 Å². The summed E-state index contributed by atoms with van der Waals surface area (Å²) in [5.41, 5.74) is 1.45. The maximum Gasteiger partial charge on any atom is 0.573 e. The first-order chi connectivity index (χ1) is 13.5. The second-order valence-corrected chi connectivity index (χ2v) is 5.84. The number of unbranched alkanes of at least 4 members (excludes halogenated alkanes) is 4. The third kappa shape index (κ3) is 8.51. The molecule has 0 radical (unpaired) electrons. The summed E-state index contributed by atoms with van der Waals surface area (Å²) < 4.78 is 52.0. The van der Waals surface area contributed by atoms with Gasteiger partial charge in [-0.1, -0.05) is 30.1 Å². The van der Waals surface area contributed by atoms with E-state index in [1.165, 1.54) is 36.4 Å². The molecule has 0 saturated heterocycles. The minimum Gasteiger partial charge on any atom is -0.406 e. The van der Waals surface area contributed by atoms with Crippen LogP contribution < -0.4 is 9.68 Å². The van der Waals surface area contributed by atoms with Crippen LogP contribution in [0, 0.1) is 23.7 Å². The summed E-state index contributed by atoms with van der Waals surface area (Å²) in [5, 5.41) is 0. The third-order valence-electron chi connectivity index (χ3n) is 3.60. The topological polar surface area (TPSA) is 18.5 Å². The van der Waals surface area contributed by atoms with E-state index in [-0.39, 0.29) is 11.5 Å². The van der Waals surface area contributed by atoms with Crippen LogP contribution in [0.5, 0.6) is 11.5 Å². The highest BCUT2D eigenvalue weighted by molar-refractivity contribution is 5.39. The molecule has 0 aliphatic rings. The molecular formula is C22H18F4O2.